The fraction of sp³-hybridized carbons (Fsp3) is 0.235. The number of ether oxygens (including phenoxy) is 1. The summed E-state index contributed by atoms with van der Waals surface area (Å²) in [5.41, 5.74) is 0.162. The summed E-state index contributed by atoms with van der Waals surface area (Å²) < 4.78 is 17.2. The van der Waals surface area contributed by atoms with Crippen molar-refractivity contribution < 1.29 is 18.5 Å². The van der Waals surface area contributed by atoms with E-state index < -0.39 is 28.8 Å². The summed E-state index contributed by atoms with van der Waals surface area (Å²) in [6, 6.07) is 7.85. The minimum absolute atomic E-state index is 0.108. The van der Waals surface area contributed by atoms with E-state index in [1.165, 1.54) is 25.3 Å². The number of benzene rings is 1. The summed E-state index contributed by atoms with van der Waals surface area (Å²) in [6.45, 7) is 3.16. The Morgan fingerprint density at radius 2 is 2.00 bits per heavy atom. The predicted octanol–water partition coefficient (Wildman–Crippen LogP) is 3.70. The van der Waals surface area contributed by atoms with E-state index in [-0.39, 0.29) is 16.4 Å². The smallest absolute Gasteiger partial charge is 0.340 e. The van der Waals surface area contributed by atoms with Crippen molar-refractivity contribution in [1.29, 1.82) is 0 Å². The largest absolute Gasteiger partial charge is 0.449 e. The molecule has 0 fully saturated rings. The molecule has 0 saturated carbocycles. The normalized spacial score (nSPS) is 12.9. The number of hydrogen-bond acceptors (Lipinski definition) is 5. The average molecular weight is 415 g/mol. The lowest BCUT2D eigenvalue weighted by Crippen LogP contribution is -2.30. The summed E-state index contributed by atoms with van der Waals surface area (Å²) >= 11 is 11.7. The molecule has 26 heavy (non-hydrogen) atoms. The zero-order valence-corrected chi connectivity index (χ0v) is 16.3. The fourth-order valence-corrected chi connectivity index (χ4v) is 3.36. The lowest BCUT2D eigenvalue weighted by Gasteiger charge is -2.15. The van der Waals surface area contributed by atoms with Gasteiger partial charge >= 0.3 is 5.97 Å². The lowest BCUT2D eigenvalue weighted by atomic mass is 10.2. The Kier molecular flexibility index (Phi) is 7.14. The van der Waals surface area contributed by atoms with Crippen LogP contribution in [0.25, 0.3) is 0 Å². The molecule has 0 aliphatic carbocycles. The molecule has 0 aliphatic rings. The van der Waals surface area contributed by atoms with Crippen LogP contribution in [0, 0.1) is 0 Å². The summed E-state index contributed by atoms with van der Waals surface area (Å²) in [7, 11) is -1.33. The first-order chi connectivity index (χ1) is 12.3. The molecule has 138 valence electrons. The fourth-order valence-electron chi connectivity index (χ4n) is 1.99. The third-order valence-corrected chi connectivity index (χ3v) is 5.18. The maximum atomic E-state index is 12.4. The van der Waals surface area contributed by atoms with Gasteiger partial charge in [-0.3, -0.25) is 9.00 Å². The Labute approximate surface area is 163 Å². The molecule has 1 aromatic carbocycles. The summed E-state index contributed by atoms with van der Waals surface area (Å²) in [6.07, 6.45) is 0.218. The Morgan fingerprint density at radius 1 is 1.31 bits per heavy atom. The molecular weight excluding hydrogens is 399 g/mol. The molecule has 0 unspecified atom stereocenters. The summed E-state index contributed by atoms with van der Waals surface area (Å²) in [5.74, 6) is -0.873. The second-order valence-corrected chi connectivity index (χ2v) is 7.70. The van der Waals surface area contributed by atoms with Crippen LogP contribution < -0.4 is 5.32 Å². The molecule has 0 spiro atoms. The monoisotopic (exact) mass is 414 g/mol. The third-order valence-electron chi connectivity index (χ3n) is 3.32. The van der Waals surface area contributed by atoms with Crippen LogP contribution in [0.15, 0.2) is 41.4 Å². The zero-order valence-electron chi connectivity index (χ0n) is 14.0. The number of nitrogens with zero attached hydrogens (tertiary/aromatic N) is 1. The molecular formula is C17H16Cl2N2O4S. The highest BCUT2D eigenvalue weighted by Crippen LogP contribution is 2.23. The van der Waals surface area contributed by atoms with Gasteiger partial charge in [-0.1, -0.05) is 42.3 Å². The highest BCUT2D eigenvalue weighted by Gasteiger charge is 2.23. The van der Waals surface area contributed by atoms with Crippen molar-refractivity contribution in [2.75, 3.05) is 11.1 Å². The van der Waals surface area contributed by atoms with E-state index in [0.29, 0.717) is 15.7 Å². The SMILES string of the molecule is CC[S@@](=O)c1ccccc1C(=O)O[C@@H](C)C(=O)Nc1ncc(Cl)cc1Cl. The number of aromatic nitrogens is 1. The number of carbonyl (C=O) groups excluding carboxylic acids is 2. The summed E-state index contributed by atoms with van der Waals surface area (Å²) in [4.78, 5) is 28.9. The molecule has 0 aliphatic heterocycles. The topological polar surface area (TPSA) is 85.4 Å². The molecule has 0 radical (unpaired) electrons. The molecule has 0 bridgehead atoms. The quantitative estimate of drug-likeness (QED) is 0.728. The van der Waals surface area contributed by atoms with Gasteiger partial charge in [0.1, 0.15) is 0 Å². The number of carbonyl (C=O) groups is 2. The second-order valence-electron chi connectivity index (χ2n) is 5.15. The van der Waals surface area contributed by atoms with Gasteiger partial charge in [0.25, 0.3) is 5.91 Å². The second kappa shape index (κ2) is 9.12. The van der Waals surface area contributed by atoms with E-state index in [2.05, 4.69) is 10.3 Å². The van der Waals surface area contributed by atoms with Crippen LogP contribution in [0.2, 0.25) is 10.0 Å². The first-order valence-corrected chi connectivity index (χ1v) is 9.71. The number of rotatable bonds is 6. The van der Waals surface area contributed by atoms with Gasteiger partial charge in [0.2, 0.25) is 0 Å². The number of amides is 1. The average Bonchev–Trinajstić information content (AvgIpc) is 2.63. The molecule has 9 heteroatoms. The van der Waals surface area contributed by atoms with Crippen molar-refractivity contribution >= 4 is 51.7 Å². The van der Waals surface area contributed by atoms with Gasteiger partial charge in [0.05, 0.1) is 31.3 Å². The minimum Gasteiger partial charge on any atom is -0.449 e. The molecule has 1 amide bonds. The number of hydrogen-bond donors (Lipinski definition) is 1. The number of halogens is 2. The first-order valence-electron chi connectivity index (χ1n) is 7.63. The number of anilines is 1. The Hall–Kier alpha value is -1.96. The highest BCUT2D eigenvalue weighted by atomic mass is 35.5. The van der Waals surface area contributed by atoms with E-state index in [1.807, 2.05) is 0 Å². The zero-order chi connectivity index (χ0) is 19.3. The number of esters is 1. The number of pyridine rings is 1. The van der Waals surface area contributed by atoms with E-state index in [9.17, 15) is 13.8 Å². The molecule has 2 aromatic rings. The van der Waals surface area contributed by atoms with Crippen LogP contribution in [-0.4, -0.2) is 32.9 Å². The van der Waals surface area contributed by atoms with Gasteiger partial charge in [-0.15, -0.1) is 0 Å². The van der Waals surface area contributed by atoms with E-state index in [1.54, 1.807) is 25.1 Å². The van der Waals surface area contributed by atoms with Gasteiger partial charge in [0, 0.05) is 11.9 Å². The van der Waals surface area contributed by atoms with Crippen molar-refractivity contribution in [2.24, 2.45) is 0 Å². The van der Waals surface area contributed by atoms with Gasteiger partial charge < -0.3 is 10.1 Å². The third kappa shape index (κ3) is 5.03. The van der Waals surface area contributed by atoms with Gasteiger partial charge in [-0.25, -0.2) is 9.78 Å². The maximum absolute atomic E-state index is 12.4. The standard InChI is InChI=1S/C17H16Cl2N2O4S/c1-3-26(24)14-7-5-4-6-12(14)17(23)25-10(2)16(22)21-15-13(19)8-11(18)9-20-15/h4-10H,3H2,1-2H3,(H,20,21,22)/t10-,26+/m0/s1. The lowest BCUT2D eigenvalue weighted by molar-refractivity contribution is -0.123. The molecule has 0 saturated heterocycles. The Balaban J connectivity index is 2.09. The van der Waals surface area contributed by atoms with E-state index in [4.69, 9.17) is 27.9 Å². The van der Waals surface area contributed by atoms with E-state index >= 15 is 0 Å². The van der Waals surface area contributed by atoms with Crippen LogP contribution in [0.4, 0.5) is 5.82 Å². The maximum Gasteiger partial charge on any atom is 0.340 e. The van der Waals surface area contributed by atoms with Crippen molar-refractivity contribution in [3.63, 3.8) is 0 Å². The predicted molar refractivity (Wildman–Crippen MR) is 101 cm³/mol. The Bertz CT molecular complexity index is 860. The van der Waals surface area contributed by atoms with Crippen LogP contribution >= 0.6 is 23.2 Å². The van der Waals surface area contributed by atoms with Crippen LogP contribution in [0.5, 0.6) is 0 Å². The van der Waals surface area contributed by atoms with Crippen molar-refractivity contribution in [3.8, 4) is 0 Å². The Morgan fingerprint density at radius 3 is 2.65 bits per heavy atom. The van der Waals surface area contributed by atoms with Crippen LogP contribution in [0.1, 0.15) is 24.2 Å². The van der Waals surface area contributed by atoms with Crippen molar-refractivity contribution in [1.82, 2.24) is 4.98 Å². The van der Waals surface area contributed by atoms with Gasteiger partial charge in [-0.05, 0) is 25.1 Å². The van der Waals surface area contributed by atoms with Crippen molar-refractivity contribution in [2.45, 2.75) is 24.8 Å². The van der Waals surface area contributed by atoms with E-state index in [0.717, 1.165) is 0 Å². The van der Waals surface area contributed by atoms with Crippen molar-refractivity contribution in [3.05, 3.63) is 52.1 Å². The molecule has 2 rings (SSSR count). The molecule has 1 aromatic heterocycles. The van der Waals surface area contributed by atoms with Crippen LogP contribution in [0.3, 0.4) is 0 Å². The molecule has 2 atom stereocenters. The molecule has 1 N–H and O–H groups in total. The first kappa shape index (κ1) is 20.4. The van der Waals surface area contributed by atoms with Gasteiger partial charge in [-0.2, -0.15) is 0 Å². The minimum atomic E-state index is -1.33. The highest BCUT2D eigenvalue weighted by molar-refractivity contribution is 7.85. The summed E-state index contributed by atoms with van der Waals surface area (Å²) in [5, 5.41) is 2.95. The van der Waals surface area contributed by atoms with Crippen LogP contribution in [-0.2, 0) is 20.3 Å². The number of nitrogens with one attached hydrogen (secondary N) is 1. The molecule has 6 nitrogen and oxygen atoms in total. The van der Waals surface area contributed by atoms with Gasteiger partial charge in [0.15, 0.2) is 11.9 Å². The molecule has 1 heterocycles.